The molecule has 8 nitrogen and oxygen atoms in total. The van der Waals surface area contributed by atoms with E-state index < -0.39 is 18.0 Å². The first kappa shape index (κ1) is 15.0. The second-order valence-corrected chi connectivity index (χ2v) is 5.35. The first-order valence-electron chi connectivity index (χ1n) is 7.41. The van der Waals surface area contributed by atoms with Crippen LogP contribution in [-0.2, 0) is 16.1 Å². The Balaban J connectivity index is 1.42. The number of hydrogen-bond acceptors (Lipinski definition) is 4. The number of carbonyl (C=O) groups excluding carboxylic acids is 3. The number of aromatic nitrogens is 2. The van der Waals surface area contributed by atoms with Gasteiger partial charge in [-0.2, -0.15) is 0 Å². The molecule has 3 rings (SSSR count). The van der Waals surface area contributed by atoms with Gasteiger partial charge in [0.1, 0.15) is 6.04 Å². The fourth-order valence-corrected chi connectivity index (χ4v) is 2.53. The van der Waals surface area contributed by atoms with Gasteiger partial charge in [-0.05, 0) is 18.6 Å². The van der Waals surface area contributed by atoms with Crippen LogP contribution in [0.25, 0.3) is 11.0 Å². The predicted octanol–water partition coefficient (Wildman–Crippen LogP) is 0.141. The minimum absolute atomic E-state index is 0.0500. The van der Waals surface area contributed by atoms with E-state index in [2.05, 4.69) is 20.9 Å². The van der Waals surface area contributed by atoms with Crippen LogP contribution in [0, 0.1) is 0 Å². The molecule has 0 radical (unpaired) electrons. The van der Waals surface area contributed by atoms with Crippen molar-refractivity contribution in [1.29, 1.82) is 0 Å². The third-order valence-corrected chi connectivity index (χ3v) is 3.67. The lowest BCUT2D eigenvalue weighted by atomic mass is 10.2. The van der Waals surface area contributed by atoms with Crippen molar-refractivity contribution in [3.05, 3.63) is 30.6 Å². The molecule has 2 heterocycles. The molecule has 0 bridgehead atoms. The minimum Gasteiger partial charge on any atom is -0.356 e. The Labute approximate surface area is 132 Å². The summed E-state index contributed by atoms with van der Waals surface area (Å²) in [6.07, 6.45) is 2.48. The molecule has 3 N–H and O–H groups in total. The number of nitrogens with one attached hydrogen (secondary N) is 3. The summed E-state index contributed by atoms with van der Waals surface area (Å²) in [5.41, 5.74) is 2.00. The standard InChI is InChI=1S/C15H17N5O3/c21-13(8-11-14(22)19-15(23)18-11)16-6-3-7-20-9-17-10-4-1-2-5-12(10)20/h1-2,4-5,9,11H,3,6-8H2,(H,16,21)(H2,18,19,22,23). The van der Waals surface area contributed by atoms with Crippen LogP contribution in [0.2, 0.25) is 0 Å². The number of fused-ring (bicyclic) bond motifs is 1. The van der Waals surface area contributed by atoms with Crippen LogP contribution in [0.5, 0.6) is 0 Å². The van der Waals surface area contributed by atoms with E-state index in [-0.39, 0.29) is 12.3 Å². The second kappa shape index (κ2) is 6.47. The predicted molar refractivity (Wildman–Crippen MR) is 82.4 cm³/mol. The molecule has 120 valence electrons. The van der Waals surface area contributed by atoms with Crippen LogP contribution in [-0.4, -0.2) is 40.0 Å². The highest BCUT2D eigenvalue weighted by Gasteiger charge is 2.30. The zero-order valence-corrected chi connectivity index (χ0v) is 12.4. The van der Waals surface area contributed by atoms with Crippen molar-refractivity contribution in [2.75, 3.05) is 6.54 Å². The molecule has 0 saturated carbocycles. The molecular formula is C15H17N5O3. The summed E-state index contributed by atoms with van der Waals surface area (Å²) in [7, 11) is 0. The number of rotatable bonds is 6. The maximum Gasteiger partial charge on any atom is 0.322 e. The maximum absolute atomic E-state index is 11.8. The SMILES string of the molecule is O=C(CC1NC(=O)NC1=O)NCCCn1cnc2ccccc21. The Morgan fingerprint density at radius 2 is 2.13 bits per heavy atom. The van der Waals surface area contributed by atoms with E-state index >= 15 is 0 Å². The summed E-state index contributed by atoms with van der Waals surface area (Å²) >= 11 is 0. The fourth-order valence-electron chi connectivity index (χ4n) is 2.53. The average molecular weight is 315 g/mol. The van der Waals surface area contributed by atoms with Crippen LogP contribution in [0.4, 0.5) is 4.79 Å². The number of amides is 4. The molecule has 1 aromatic carbocycles. The molecule has 23 heavy (non-hydrogen) atoms. The van der Waals surface area contributed by atoms with Gasteiger partial charge < -0.3 is 15.2 Å². The molecule has 1 aromatic heterocycles. The van der Waals surface area contributed by atoms with Crippen molar-refractivity contribution in [2.24, 2.45) is 0 Å². The minimum atomic E-state index is -0.778. The zero-order chi connectivity index (χ0) is 16.2. The molecule has 4 amide bonds. The number of imide groups is 1. The summed E-state index contributed by atoms with van der Waals surface area (Å²) in [5.74, 6) is -0.724. The van der Waals surface area contributed by atoms with Gasteiger partial charge in [0, 0.05) is 13.1 Å². The van der Waals surface area contributed by atoms with E-state index in [0.717, 1.165) is 24.0 Å². The van der Waals surface area contributed by atoms with Crippen molar-refractivity contribution in [1.82, 2.24) is 25.5 Å². The molecule has 0 spiro atoms. The van der Waals surface area contributed by atoms with Gasteiger partial charge in [0.25, 0.3) is 5.91 Å². The third kappa shape index (κ3) is 3.47. The van der Waals surface area contributed by atoms with E-state index in [9.17, 15) is 14.4 Å². The van der Waals surface area contributed by atoms with Crippen molar-refractivity contribution >= 4 is 28.9 Å². The van der Waals surface area contributed by atoms with Crippen molar-refractivity contribution in [3.63, 3.8) is 0 Å². The Morgan fingerprint density at radius 3 is 2.91 bits per heavy atom. The normalized spacial score (nSPS) is 17.1. The van der Waals surface area contributed by atoms with Crippen molar-refractivity contribution in [3.8, 4) is 0 Å². The quantitative estimate of drug-likeness (QED) is 0.521. The van der Waals surface area contributed by atoms with Crippen LogP contribution < -0.4 is 16.0 Å². The largest absolute Gasteiger partial charge is 0.356 e. The first-order chi connectivity index (χ1) is 11.1. The maximum atomic E-state index is 11.8. The highest BCUT2D eigenvalue weighted by molar-refractivity contribution is 6.05. The average Bonchev–Trinajstić information content (AvgIpc) is 3.07. The van der Waals surface area contributed by atoms with Crippen LogP contribution in [0.1, 0.15) is 12.8 Å². The van der Waals surface area contributed by atoms with Gasteiger partial charge in [0.15, 0.2) is 0 Å². The van der Waals surface area contributed by atoms with E-state index in [1.165, 1.54) is 0 Å². The number of imidazole rings is 1. The molecule has 8 heteroatoms. The fraction of sp³-hybridized carbons (Fsp3) is 0.333. The van der Waals surface area contributed by atoms with Gasteiger partial charge in [0.2, 0.25) is 5.91 Å². The van der Waals surface area contributed by atoms with Gasteiger partial charge in [-0.3, -0.25) is 14.9 Å². The highest BCUT2D eigenvalue weighted by atomic mass is 16.2. The van der Waals surface area contributed by atoms with Crippen LogP contribution >= 0.6 is 0 Å². The lowest BCUT2D eigenvalue weighted by Gasteiger charge is -2.09. The van der Waals surface area contributed by atoms with Gasteiger partial charge >= 0.3 is 6.03 Å². The third-order valence-electron chi connectivity index (χ3n) is 3.67. The Hall–Kier alpha value is -2.90. The van der Waals surface area contributed by atoms with Gasteiger partial charge in [-0.15, -0.1) is 0 Å². The number of urea groups is 1. The summed E-state index contributed by atoms with van der Waals surface area (Å²) in [6, 6.07) is 6.53. The smallest absolute Gasteiger partial charge is 0.322 e. The van der Waals surface area contributed by atoms with E-state index in [1.54, 1.807) is 6.33 Å². The van der Waals surface area contributed by atoms with Crippen LogP contribution in [0.15, 0.2) is 30.6 Å². The number of para-hydroxylation sites is 2. The number of hydrogen-bond donors (Lipinski definition) is 3. The summed E-state index contributed by atoms with van der Waals surface area (Å²) in [6.45, 7) is 1.23. The topological polar surface area (TPSA) is 105 Å². The molecular weight excluding hydrogens is 298 g/mol. The van der Waals surface area contributed by atoms with Crippen molar-refractivity contribution < 1.29 is 14.4 Å². The first-order valence-corrected chi connectivity index (χ1v) is 7.41. The van der Waals surface area contributed by atoms with E-state index in [4.69, 9.17) is 0 Å². The summed E-state index contributed by atoms with van der Waals surface area (Å²) in [5, 5.41) is 7.24. The molecule has 1 saturated heterocycles. The van der Waals surface area contributed by atoms with Crippen molar-refractivity contribution in [2.45, 2.75) is 25.4 Å². The van der Waals surface area contributed by atoms with Gasteiger partial charge in [0.05, 0.1) is 23.8 Å². The van der Waals surface area contributed by atoms with E-state index in [0.29, 0.717) is 6.54 Å². The Kier molecular flexibility index (Phi) is 4.22. The molecule has 2 aromatic rings. The molecule has 0 aliphatic carbocycles. The lowest BCUT2D eigenvalue weighted by molar-refractivity contribution is -0.126. The molecule has 1 fully saturated rings. The second-order valence-electron chi connectivity index (χ2n) is 5.35. The Morgan fingerprint density at radius 1 is 1.30 bits per heavy atom. The van der Waals surface area contributed by atoms with Gasteiger partial charge in [-0.1, -0.05) is 12.1 Å². The number of aryl methyl sites for hydroxylation is 1. The molecule has 1 aliphatic rings. The molecule has 1 atom stereocenters. The van der Waals surface area contributed by atoms with Gasteiger partial charge in [-0.25, -0.2) is 9.78 Å². The summed E-state index contributed by atoms with van der Waals surface area (Å²) < 4.78 is 2.03. The molecule has 1 aliphatic heterocycles. The van der Waals surface area contributed by atoms with E-state index in [1.807, 2.05) is 28.8 Å². The Bertz CT molecular complexity index is 754. The number of benzene rings is 1. The lowest BCUT2D eigenvalue weighted by Crippen LogP contribution is -2.36. The number of carbonyl (C=O) groups is 3. The highest BCUT2D eigenvalue weighted by Crippen LogP contribution is 2.11. The zero-order valence-electron chi connectivity index (χ0n) is 12.4. The van der Waals surface area contributed by atoms with Crippen LogP contribution in [0.3, 0.4) is 0 Å². The summed E-state index contributed by atoms with van der Waals surface area (Å²) in [4.78, 5) is 38.4. The monoisotopic (exact) mass is 315 g/mol. The molecule has 1 unspecified atom stereocenters. The number of nitrogens with zero attached hydrogens (tertiary/aromatic N) is 2.